The molecule has 0 radical (unpaired) electrons. The van der Waals surface area contributed by atoms with Crippen molar-refractivity contribution in [1.82, 2.24) is 0 Å². The minimum absolute atomic E-state index is 0.103. The Kier molecular flexibility index (Phi) is 64.6. The summed E-state index contributed by atoms with van der Waals surface area (Å²) in [6, 6.07) is 0. The van der Waals surface area contributed by atoms with Crippen molar-refractivity contribution in [2.75, 3.05) is 39.6 Å². The minimum atomic E-state index is -4.96. The van der Waals surface area contributed by atoms with E-state index in [0.29, 0.717) is 25.7 Å². The molecule has 6 atom stereocenters. The Morgan fingerprint density at radius 3 is 0.817 bits per heavy atom. The summed E-state index contributed by atoms with van der Waals surface area (Å²) in [5, 5.41) is 10.6. The third-order valence-corrected chi connectivity index (χ3v) is 19.5. The lowest BCUT2D eigenvalue weighted by molar-refractivity contribution is -0.161. The Hall–Kier alpha value is -1.94. The van der Waals surface area contributed by atoms with Crippen LogP contribution in [0.5, 0.6) is 0 Å². The molecule has 0 aliphatic rings. The summed E-state index contributed by atoms with van der Waals surface area (Å²) >= 11 is 0. The maximum atomic E-state index is 13.1. The van der Waals surface area contributed by atoms with Gasteiger partial charge >= 0.3 is 39.5 Å². The Labute approximate surface area is 568 Å². The van der Waals surface area contributed by atoms with E-state index in [1.54, 1.807) is 0 Å². The molecule has 0 aromatic rings. The first-order valence-electron chi connectivity index (χ1n) is 38.5. The van der Waals surface area contributed by atoms with Gasteiger partial charge in [-0.2, -0.15) is 0 Å². The van der Waals surface area contributed by atoms with Crippen LogP contribution in [-0.2, 0) is 65.4 Å². The van der Waals surface area contributed by atoms with Crippen molar-refractivity contribution in [3.05, 3.63) is 0 Å². The van der Waals surface area contributed by atoms with E-state index in [4.69, 9.17) is 37.0 Å². The van der Waals surface area contributed by atoms with E-state index in [1.807, 2.05) is 0 Å². The monoisotopic (exact) mass is 1370 g/mol. The van der Waals surface area contributed by atoms with Crippen LogP contribution in [0.2, 0.25) is 0 Å². The maximum absolute atomic E-state index is 13.1. The molecule has 19 heteroatoms. The van der Waals surface area contributed by atoms with E-state index < -0.39 is 97.5 Å². The number of esters is 4. The molecule has 0 saturated carbocycles. The molecule has 0 fully saturated rings. The zero-order chi connectivity index (χ0) is 68.6. The van der Waals surface area contributed by atoms with Crippen molar-refractivity contribution in [2.45, 2.75) is 400 Å². The summed E-state index contributed by atoms with van der Waals surface area (Å²) < 4.78 is 68.4. The fourth-order valence-corrected chi connectivity index (χ4v) is 12.8. The summed E-state index contributed by atoms with van der Waals surface area (Å²) in [7, 11) is -9.90. The lowest BCUT2D eigenvalue weighted by atomic mass is 10.00. The fraction of sp³-hybridized carbons (Fsp3) is 0.946. The Balaban J connectivity index is 5.22. The van der Waals surface area contributed by atoms with Crippen molar-refractivity contribution in [3.8, 4) is 0 Å². The topological polar surface area (TPSA) is 237 Å². The molecule has 0 rings (SSSR count). The standard InChI is InChI=1S/C74H144O17P2/c1-7-10-12-14-16-18-19-20-21-22-23-24-27-31-35-39-46-52-58-73(78)90-69(62-85-72(77)57-51-45-38-34-30-28-25-26-29-33-36-42-48-54-66(4)5)64-88-92(80,81)86-60-68(75)61-87-93(82,83)89-65-70(63-84-71(76)56-50-44-37-32-17-15-13-11-8-2)91-74(79)59-53-47-41-40-43-49-55-67(6)9-3/h66-70,75H,7-65H2,1-6H3,(H,80,81)(H,82,83)/t67?,68-,69-,70-/m1/s1. The van der Waals surface area contributed by atoms with Gasteiger partial charge in [0.15, 0.2) is 12.2 Å². The van der Waals surface area contributed by atoms with Gasteiger partial charge in [-0.3, -0.25) is 37.3 Å². The Morgan fingerprint density at radius 1 is 0.312 bits per heavy atom. The van der Waals surface area contributed by atoms with Crippen molar-refractivity contribution in [2.24, 2.45) is 11.8 Å². The average molecular weight is 1370 g/mol. The van der Waals surface area contributed by atoms with E-state index in [1.165, 1.54) is 199 Å². The molecule has 0 heterocycles. The number of carbonyl (C=O) groups is 4. The molecule has 0 saturated heterocycles. The summed E-state index contributed by atoms with van der Waals surface area (Å²) in [5.74, 6) is -0.610. The number of carbonyl (C=O) groups excluding carboxylic acids is 4. The molecule has 0 spiro atoms. The average Bonchev–Trinajstić information content (AvgIpc) is 2.22. The molecular weight excluding hydrogens is 1220 g/mol. The van der Waals surface area contributed by atoms with Gasteiger partial charge in [-0.1, -0.05) is 330 Å². The van der Waals surface area contributed by atoms with Gasteiger partial charge in [0.05, 0.1) is 26.4 Å². The molecule has 0 aromatic heterocycles. The highest BCUT2D eigenvalue weighted by Gasteiger charge is 2.30. The first-order valence-corrected chi connectivity index (χ1v) is 41.5. The molecule has 0 amide bonds. The predicted molar refractivity (Wildman–Crippen MR) is 377 cm³/mol. The van der Waals surface area contributed by atoms with Crippen LogP contribution < -0.4 is 0 Å². The predicted octanol–water partition coefficient (Wildman–Crippen LogP) is 21.6. The molecule has 0 aromatic carbocycles. The van der Waals surface area contributed by atoms with Gasteiger partial charge < -0.3 is 33.8 Å². The zero-order valence-corrected chi connectivity index (χ0v) is 62.3. The van der Waals surface area contributed by atoms with Gasteiger partial charge in [-0.05, 0) is 37.5 Å². The number of hydrogen-bond donors (Lipinski definition) is 3. The van der Waals surface area contributed by atoms with Crippen LogP contribution in [0, 0.1) is 11.8 Å². The second-order valence-corrected chi connectivity index (χ2v) is 30.3. The van der Waals surface area contributed by atoms with Crippen LogP contribution in [0.1, 0.15) is 382 Å². The van der Waals surface area contributed by atoms with Crippen molar-refractivity contribution < 1.29 is 80.2 Å². The van der Waals surface area contributed by atoms with Gasteiger partial charge in [-0.25, -0.2) is 9.13 Å². The quantitative estimate of drug-likeness (QED) is 0.0222. The SMILES string of the molecule is CCCCCCCCCCCCCCCCCCCCC(=O)O[C@H](COC(=O)CCCCCCCCCCCCCCCC(C)C)COP(=O)(O)OC[C@@H](O)COP(=O)(O)OC[C@@H](COC(=O)CCCCCCCCCCC)OC(=O)CCCCCCCCC(C)CC. The third kappa shape index (κ3) is 67.0. The van der Waals surface area contributed by atoms with Gasteiger partial charge in [-0.15, -0.1) is 0 Å². The van der Waals surface area contributed by atoms with Crippen LogP contribution in [0.15, 0.2) is 0 Å². The highest BCUT2D eigenvalue weighted by Crippen LogP contribution is 2.45. The van der Waals surface area contributed by atoms with Gasteiger partial charge in [0.1, 0.15) is 19.3 Å². The minimum Gasteiger partial charge on any atom is -0.462 e. The number of ether oxygens (including phenoxy) is 4. The number of rotatable bonds is 73. The van der Waals surface area contributed by atoms with Gasteiger partial charge in [0.2, 0.25) is 0 Å². The smallest absolute Gasteiger partial charge is 0.462 e. The van der Waals surface area contributed by atoms with E-state index in [2.05, 4.69) is 41.5 Å². The number of aliphatic hydroxyl groups is 1. The lowest BCUT2D eigenvalue weighted by Crippen LogP contribution is -2.30. The molecule has 552 valence electrons. The molecule has 0 aliphatic heterocycles. The molecule has 93 heavy (non-hydrogen) atoms. The summed E-state index contributed by atoms with van der Waals surface area (Å²) in [4.78, 5) is 72.6. The number of hydrogen-bond acceptors (Lipinski definition) is 15. The van der Waals surface area contributed by atoms with E-state index >= 15 is 0 Å². The van der Waals surface area contributed by atoms with Crippen molar-refractivity contribution in [1.29, 1.82) is 0 Å². The lowest BCUT2D eigenvalue weighted by Gasteiger charge is -2.21. The largest absolute Gasteiger partial charge is 0.472 e. The molecule has 3 unspecified atom stereocenters. The number of unbranched alkanes of at least 4 members (excludes halogenated alkanes) is 42. The van der Waals surface area contributed by atoms with Crippen LogP contribution in [0.3, 0.4) is 0 Å². The molecule has 3 N–H and O–H groups in total. The van der Waals surface area contributed by atoms with Crippen LogP contribution in [0.4, 0.5) is 0 Å². The summed E-state index contributed by atoms with van der Waals surface area (Å²) in [6.07, 6.45) is 52.8. The summed E-state index contributed by atoms with van der Waals surface area (Å²) in [5.41, 5.74) is 0. The zero-order valence-electron chi connectivity index (χ0n) is 60.6. The van der Waals surface area contributed by atoms with Gasteiger partial charge in [0, 0.05) is 25.7 Å². The normalized spacial score (nSPS) is 14.3. The fourth-order valence-electron chi connectivity index (χ4n) is 11.3. The van der Waals surface area contributed by atoms with Crippen LogP contribution in [0.25, 0.3) is 0 Å². The second kappa shape index (κ2) is 66.0. The first-order chi connectivity index (χ1) is 44.9. The highest BCUT2D eigenvalue weighted by molar-refractivity contribution is 7.47. The van der Waals surface area contributed by atoms with Crippen molar-refractivity contribution >= 4 is 39.5 Å². The van der Waals surface area contributed by atoms with Crippen LogP contribution >= 0.6 is 15.6 Å². The van der Waals surface area contributed by atoms with Gasteiger partial charge in [0.25, 0.3) is 0 Å². The van der Waals surface area contributed by atoms with E-state index in [0.717, 1.165) is 102 Å². The number of phosphoric acid groups is 2. The first kappa shape index (κ1) is 91.1. The number of phosphoric ester groups is 2. The maximum Gasteiger partial charge on any atom is 0.472 e. The molecule has 0 bridgehead atoms. The van der Waals surface area contributed by atoms with E-state index in [9.17, 15) is 43.2 Å². The van der Waals surface area contributed by atoms with E-state index in [-0.39, 0.29) is 25.7 Å². The summed E-state index contributed by atoms with van der Waals surface area (Å²) in [6.45, 7) is 9.53. The third-order valence-electron chi connectivity index (χ3n) is 17.6. The Bertz CT molecular complexity index is 1810. The number of aliphatic hydroxyl groups excluding tert-OH is 1. The highest BCUT2D eigenvalue weighted by atomic mass is 31.2. The van der Waals surface area contributed by atoms with Crippen molar-refractivity contribution in [3.63, 3.8) is 0 Å². The molecule has 0 aliphatic carbocycles. The Morgan fingerprint density at radius 2 is 0.548 bits per heavy atom. The molecular formula is C74H144O17P2. The second-order valence-electron chi connectivity index (χ2n) is 27.4. The van der Waals surface area contributed by atoms with Crippen LogP contribution in [-0.4, -0.2) is 96.7 Å². The molecule has 17 nitrogen and oxygen atoms in total.